The van der Waals surface area contributed by atoms with Gasteiger partial charge < -0.3 is 5.32 Å². The molecule has 0 unspecified atom stereocenters. The van der Waals surface area contributed by atoms with Crippen molar-refractivity contribution in [2.75, 3.05) is 5.32 Å². The number of carbonyl (C=O) groups is 2. The normalized spacial score (nSPS) is 13.0. The SMILES string of the molecule is O=C(NNC(=O)c1ccc(NC2CC2)c([N+](=O)[O-])c1)c1cccc(Cl)c1. The molecule has 2 aromatic carbocycles. The van der Waals surface area contributed by atoms with Crippen molar-refractivity contribution in [3.63, 3.8) is 0 Å². The highest BCUT2D eigenvalue weighted by Crippen LogP contribution is 2.31. The number of hydrazine groups is 1. The number of carbonyl (C=O) groups excluding carboxylic acids is 2. The van der Waals surface area contributed by atoms with Crippen LogP contribution in [0.1, 0.15) is 33.6 Å². The van der Waals surface area contributed by atoms with Gasteiger partial charge in [-0.1, -0.05) is 17.7 Å². The average molecular weight is 375 g/mol. The zero-order valence-electron chi connectivity index (χ0n) is 13.5. The van der Waals surface area contributed by atoms with E-state index in [9.17, 15) is 19.7 Å². The van der Waals surface area contributed by atoms with E-state index in [2.05, 4.69) is 16.2 Å². The van der Waals surface area contributed by atoms with E-state index in [1.165, 1.54) is 30.3 Å². The Bertz CT molecular complexity index is 883. The minimum absolute atomic E-state index is 0.0597. The van der Waals surface area contributed by atoms with Crippen LogP contribution in [0.2, 0.25) is 5.02 Å². The van der Waals surface area contributed by atoms with Gasteiger partial charge >= 0.3 is 0 Å². The molecular weight excluding hydrogens is 360 g/mol. The molecule has 0 spiro atoms. The number of amides is 2. The number of nitrogens with zero attached hydrogens (tertiary/aromatic N) is 1. The van der Waals surface area contributed by atoms with Gasteiger partial charge in [-0.2, -0.15) is 0 Å². The molecular formula is C17H15ClN4O4. The highest BCUT2D eigenvalue weighted by molar-refractivity contribution is 6.30. The van der Waals surface area contributed by atoms with Crippen LogP contribution >= 0.6 is 11.6 Å². The summed E-state index contributed by atoms with van der Waals surface area (Å²) in [6.07, 6.45) is 1.93. The summed E-state index contributed by atoms with van der Waals surface area (Å²) in [6.45, 7) is 0. The summed E-state index contributed by atoms with van der Waals surface area (Å²) in [7, 11) is 0. The van der Waals surface area contributed by atoms with Crippen molar-refractivity contribution in [2.24, 2.45) is 0 Å². The Morgan fingerprint density at radius 2 is 1.69 bits per heavy atom. The smallest absolute Gasteiger partial charge is 0.293 e. The topological polar surface area (TPSA) is 113 Å². The van der Waals surface area contributed by atoms with Crippen LogP contribution in [0, 0.1) is 10.1 Å². The molecule has 1 aliphatic rings. The standard InChI is InChI=1S/C17H15ClN4O4/c18-12-3-1-2-10(8-12)16(23)20-21-17(24)11-4-7-14(19-13-5-6-13)15(9-11)22(25)26/h1-4,7-9,13,19H,5-6H2,(H,20,23)(H,21,24). The fraction of sp³-hybridized carbons (Fsp3) is 0.176. The van der Waals surface area contributed by atoms with Crippen molar-refractivity contribution in [1.29, 1.82) is 0 Å². The van der Waals surface area contributed by atoms with Crippen LogP contribution < -0.4 is 16.2 Å². The van der Waals surface area contributed by atoms with Gasteiger partial charge in [-0.05, 0) is 43.2 Å². The maximum atomic E-state index is 12.2. The van der Waals surface area contributed by atoms with E-state index < -0.39 is 16.7 Å². The van der Waals surface area contributed by atoms with E-state index in [1.807, 2.05) is 0 Å². The highest BCUT2D eigenvalue weighted by Gasteiger charge is 2.25. The molecule has 0 radical (unpaired) electrons. The van der Waals surface area contributed by atoms with Crippen molar-refractivity contribution in [2.45, 2.75) is 18.9 Å². The number of nitro benzene ring substituents is 1. The molecule has 0 aromatic heterocycles. The second kappa shape index (κ2) is 7.40. The lowest BCUT2D eigenvalue weighted by Crippen LogP contribution is -2.41. The molecule has 134 valence electrons. The monoisotopic (exact) mass is 374 g/mol. The molecule has 0 atom stereocenters. The number of hydrogen-bond donors (Lipinski definition) is 3. The summed E-state index contributed by atoms with van der Waals surface area (Å²) in [4.78, 5) is 34.8. The Hall–Kier alpha value is -3.13. The van der Waals surface area contributed by atoms with Gasteiger partial charge in [0, 0.05) is 28.3 Å². The molecule has 0 bridgehead atoms. The molecule has 2 aromatic rings. The van der Waals surface area contributed by atoms with Crippen molar-refractivity contribution in [1.82, 2.24) is 10.9 Å². The molecule has 0 saturated heterocycles. The van der Waals surface area contributed by atoms with E-state index >= 15 is 0 Å². The van der Waals surface area contributed by atoms with Crippen LogP contribution in [0.4, 0.5) is 11.4 Å². The van der Waals surface area contributed by atoms with Gasteiger partial charge in [-0.15, -0.1) is 0 Å². The van der Waals surface area contributed by atoms with Gasteiger partial charge in [0.05, 0.1) is 4.92 Å². The quantitative estimate of drug-likeness (QED) is 0.550. The summed E-state index contributed by atoms with van der Waals surface area (Å²) in [5, 5.41) is 14.7. The van der Waals surface area contributed by atoms with E-state index in [0.29, 0.717) is 10.7 Å². The molecule has 2 amide bonds. The fourth-order valence-electron chi connectivity index (χ4n) is 2.28. The zero-order chi connectivity index (χ0) is 18.7. The molecule has 9 heteroatoms. The van der Waals surface area contributed by atoms with E-state index in [1.54, 1.807) is 12.1 Å². The zero-order valence-corrected chi connectivity index (χ0v) is 14.2. The van der Waals surface area contributed by atoms with Crippen molar-refractivity contribution in [3.05, 3.63) is 68.7 Å². The minimum Gasteiger partial charge on any atom is -0.377 e. The summed E-state index contributed by atoms with van der Waals surface area (Å²) in [5.74, 6) is -1.22. The number of halogens is 1. The molecule has 26 heavy (non-hydrogen) atoms. The summed E-state index contributed by atoms with van der Waals surface area (Å²) < 4.78 is 0. The molecule has 0 heterocycles. The van der Waals surface area contributed by atoms with E-state index in [4.69, 9.17) is 11.6 Å². The Balaban J connectivity index is 1.68. The van der Waals surface area contributed by atoms with Gasteiger partial charge in [0.1, 0.15) is 5.69 Å². The van der Waals surface area contributed by atoms with Crippen LogP contribution in [-0.4, -0.2) is 22.8 Å². The Labute approximate surface area is 153 Å². The molecule has 8 nitrogen and oxygen atoms in total. The number of anilines is 1. The van der Waals surface area contributed by atoms with Gasteiger partial charge in [-0.25, -0.2) is 0 Å². The van der Waals surface area contributed by atoms with Gasteiger partial charge in [0.2, 0.25) is 0 Å². The Morgan fingerprint density at radius 1 is 1.04 bits per heavy atom. The lowest BCUT2D eigenvalue weighted by molar-refractivity contribution is -0.384. The average Bonchev–Trinajstić information content (AvgIpc) is 3.43. The van der Waals surface area contributed by atoms with Crippen molar-refractivity contribution >= 4 is 34.8 Å². The predicted molar refractivity (Wildman–Crippen MR) is 96.1 cm³/mol. The third kappa shape index (κ3) is 4.28. The third-order valence-corrected chi connectivity index (χ3v) is 4.01. The van der Waals surface area contributed by atoms with E-state index in [-0.39, 0.29) is 22.9 Å². The Kier molecular flexibility index (Phi) is 5.04. The van der Waals surface area contributed by atoms with Crippen LogP contribution in [0.25, 0.3) is 0 Å². The number of nitrogens with one attached hydrogen (secondary N) is 3. The third-order valence-electron chi connectivity index (χ3n) is 3.77. The summed E-state index contributed by atoms with van der Waals surface area (Å²) in [5.41, 5.74) is 4.99. The second-order valence-electron chi connectivity index (χ2n) is 5.83. The molecule has 3 N–H and O–H groups in total. The first kappa shape index (κ1) is 17.7. The predicted octanol–water partition coefficient (Wildman–Crippen LogP) is 2.90. The largest absolute Gasteiger partial charge is 0.377 e. The molecule has 3 rings (SSSR count). The molecule has 1 fully saturated rings. The second-order valence-corrected chi connectivity index (χ2v) is 6.26. The van der Waals surface area contributed by atoms with E-state index in [0.717, 1.165) is 12.8 Å². The highest BCUT2D eigenvalue weighted by atomic mass is 35.5. The first-order chi connectivity index (χ1) is 12.4. The number of rotatable bonds is 5. The Morgan fingerprint density at radius 3 is 2.27 bits per heavy atom. The fourth-order valence-corrected chi connectivity index (χ4v) is 2.47. The van der Waals surface area contributed by atoms with Crippen LogP contribution in [0.3, 0.4) is 0 Å². The molecule has 1 saturated carbocycles. The van der Waals surface area contributed by atoms with Gasteiger partial charge in [0.25, 0.3) is 17.5 Å². The lowest BCUT2D eigenvalue weighted by Gasteiger charge is -2.09. The first-order valence-corrected chi connectivity index (χ1v) is 8.23. The van der Waals surface area contributed by atoms with Gasteiger partial charge in [-0.3, -0.25) is 30.6 Å². The maximum absolute atomic E-state index is 12.2. The van der Waals surface area contributed by atoms with Gasteiger partial charge in [0.15, 0.2) is 0 Å². The molecule has 1 aliphatic carbocycles. The number of nitro groups is 1. The van der Waals surface area contributed by atoms with Crippen LogP contribution in [0.5, 0.6) is 0 Å². The summed E-state index contributed by atoms with van der Waals surface area (Å²) >= 11 is 5.81. The molecule has 0 aliphatic heterocycles. The van der Waals surface area contributed by atoms with Crippen molar-refractivity contribution < 1.29 is 14.5 Å². The number of hydrogen-bond acceptors (Lipinski definition) is 5. The minimum atomic E-state index is -0.665. The van der Waals surface area contributed by atoms with Crippen LogP contribution in [0.15, 0.2) is 42.5 Å². The summed E-state index contributed by atoms with van der Waals surface area (Å²) in [6, 6.07) is 10.6. The van der Waals surface area contributed by atoms with Crippen molar-refractivity contribution in [3.8, 4) is 0 Å². The maximum Gasteiger partial charge on any atom is 0.293 e. The number of benzene rings is 2. The first-order valence-electron chi connectivity index (χ1n) is 7.85. The van der Waals surface area contributed by atoms with Crippen LogP contribution in [-0.2, 0) is 0 Å². The lowest BCUT2D eigenvalue weighted by atomic mass is 10.1.